The summed E-state index contributed by atoms with van der Waals surface area (Å²) in [7, 11) is 1.91. The van der Waals surface area contributed by atoms with E-state index >= 15 is 0 Å². The second-order valence-electron chi connectivity index (χ2n) is 4.59. The van der Waals surface area contributed by atoms with Crippen molar-refractivity contribution in [1.82, 2.24) is 5.32 Å². The van der Waals surface area contributed by atoms with Gasteiger partial charge in [-0.1, -0.05) is 12.1 Å². The number of nitrogens with zero attached hydrogens (tertiary/aromatic N) is 2. The van der Waals surface area contributed by atoms with E-state index in [9.17, 15) is 5.26 Å². The van der Waals surface area contributed by atoms with E-state index in [1.807, 2.05) is 13.1 Å². The number of hydrogen-bond donors (Lipinski definition) is 1. The van der Waals surface area contributed by atoms with Crippen LogP contribution in [-0.2, 0) is 13.1 Å². The van der Waals surface area contributed by atoms with E-state index in [-0.39, 0.29) is 0 Å². The molecule has 104 valence electrons. The summed E-state index contributed by atoms with van der Waals surface area (Å²) in [4.78, 5) is 3.56. The first-order valence-corrected chi connectivity index (χ1v) is 7.61. The highest BCUT2D eigenvalue weighted by atomic mass is 32.1. The van der Waals surface area contributed by atoms with Gasteiger partial charge in [0.2, 0.25) is 0 Å². The van der Waals surface area contributed by atoms with Crippen molar-refractivity contribution in [2.45, 2.75) is 20.0 Å². The van der Waals surface area contributed by atoms with Crippen LogP contribution in [0.4, 0.5) is 5.69 Å². The van der Waals surface area contributed by atoms with Gasteiger partial charge >= 0.3 is 0 Å². The third-order valence-corrected chi connectivity index (χ3v) is 4.07. The summed E-state index contributed by atoms with van der Waals surface area (Å²) >= 11 is 1.75. The Morgan fingerprint density at radius 2 is 2.20 bits per heavy atom. The van der Waals surface area contributed by atoms with Crippen LogP contribution in [0.3, 0.4) is 0 Å². The lowest BCUT2D eigenvalue weighted by molar-refractivity contribution is 0.813. The predicted octanol–water partition coefficient (Wildman–Crippen LogP) is 3.37. The molecule has 0 spiro atoms. The molecule has 1 heterocycles. The van der Waals surface area contributed by atoms with Crippen LogP contribution in [0, 0.1) is 11.3 Å². The number of hydrogen-bond acceptors (Lipinski definition) is 4. The highest BCUT2D eigenvalue weighted by Gasteiger charge is 2.11. The standard InChI is InChI=1S/C16H19N3S/c1-3-19(12-15-5-4-8-20-15)16-7-6-13(11-18-2)9-14(16)10-17/h4-9,18H,3,11-12H2,1-2H3. The zero-order valence-electron chi connectivity index (χ0n) is 11.9. The molecule has 0 aliphatic rings. The summed E-state index contributed by atoms with van der Waals surface area (Å²) in [6.07, 6.45) is 0. The molecule has 0 unspecified atom stereocenters. The van der Waals surface area contributed by atoms with Crippen LogP contribution >= 0.6 is 11.3 Å². The molecule has 0 aliphatic heterocycles. The predicted molar refractivity (Wildman–Crippen MR) is 85.0 cm³/mol. The molecule has 0 saturated heterocycles. The van der Waals surface area contributed by atoms with Crippen LogP contribution in [0.25, 0.3) is 0 Å². The molecular weight excluding hydrogens is 266 g/mol. The van der Waals surface area contributed by atoms with Gasteiger partial charge in [0.15, 0.2) is 0 Å². The van der Waals surface area contributed by atoms with Gasteiger partial charge < -0.3 is 10.2 Å². The molecule has 4 heteroatoms. The molecule has 3 nitrogen and oxygen atoms in total. The van der Waals surface area contributed by atoms with Gasteiger partial charge in [0.1, 0.15) is 6.07 Å². The molecule has 0 bridgehead atoms. The van der Waals surface area contributed by atoms with Gasteiger partial charge in [-0.05, 0) is 43.1 Å². The molecule has 0 saturated carbocycles. The number of nitriles is 1. The molecular formula is C16H19N3S. The maximum Gasteiger partial charge on any atom is 0.101 e. The molecule has 1 N–H and O–H groups in total. The Labute approximate surface area is 124 Å². The van der Waals surface area contributed by atoms with Crippen molar-refractivity contribution in [3.8, 4) is 6.07 Å². The highest BCUT2D eigenvalue weighted by Crippen LogP contribution is 2.24. The first-order valence-electron chi connectivity index (χ1n) is 6.73. The average molecular weight is 285 g/mol. The molecule has 0 amide bonds. The van der Waals surface area contributed by atoms with E-state index in [1.54, 1.807) is 11.3 Å². The molecule has 1 aromatic heterocycles. The van der Waals surface area contributed by atoms with Crippen LogP contribution < -0.4 is 10.2 Å². The fraction of sp³-hybridized carbons (Fsp3) is 0.312. The van der Waals surface area contributed by atoms with Gasteiger partial charge in [-0.25, -0.2) is 0 Å². The number of nitrogens with one attached hydrogen (secondary N) is 1. The fourth-order valence-corrected chi connectivity index (χ4v) is 2.94. The quantitative estimate of drug-likeness (QED) is 0.884. The third-order valence-electron chi connectivity index (χ3n) is 3.21. The Morgan fingerprint density at radius 1 is 1.35 bits per heavy atom. The SMILES string of the molecule is CCN(Cc1cccs1)c1ccc(CNC)cc1C#N. The fourth-order valence-electron chi connectivity index (χ4n) is 2.22. The van der Waals surface area contributed by atoms with Crippen LogP contribution in [0.1, 0.15) is 22.9 Å². The number of benzene rings is 1. The smallest absolute Gasteiger partial charge is 0.101 e. The zero-order valence-corrected chi connectivity index (χ0v) is 12.7. The summed E-state index contributed by atoms with van der Waals surface area (Å²) < 4.78 is 0. The molecule has 2 rings (SSSR count). The lowest BCUT2D eigenvalue weighted by Crippen LogP contribution is -2.22. The van der Waals surface area contributed by atoms with Gasteiger partial charge in [0.25, 0.3) is 0 Å². The van der Waals surface area contributed by atoms with E-state index in [0.29, 0.717) is 0 Å². The largest absolute Gasteiger partial charge is 0.366 e. The maximum absolute atomic E-state index is 9.39. The third kappa shape index (κ3) is 3.38. The Kier molecular flexibility index (Phi) is 5.16. The summed E-state index contributed by atoms with van der Waals surface area (Å²) in [6.45, 7) is 4.65. The minimum atomic E-state index is 0.746. The van der Waals surface area contributed by atoms with Crippen molar-refractivity contribution < 1.29 is 0 Å². The molecule has 0 radical (unpaired) electrons. The maximum atomic E-state index is 9.39. The van der Waals surface area contributed by atoms with Crippen molar-refractivity contribution in [2.24, 2.45) is 0 Å². The lowest BCUT2D eigenvalue weighted by Gasteiger charge is -2.24. The Balaban J connectivity index is 2.27. The first kappa shape index (κ1) is 14.6. The van der Waals surface area contributed by atoms with Crippen molar-refractivity contribution in [2.75, 3.05) is 18.5 Å². The number of anilines is 1. The Bertz CT molecular complexity index is 584. The second kappa shape index (κ2) is 7.09. The van der Waals surface area contributed by atoms with Gasteiger partial charge in [-0.2, -0.15) is 5.26 Å². The minimum absolute atomic E-state index is 0.746. The van der Waals surface area contributed by atoms with Gasteiger partial charge in [-0.15, -0.1) is 11.3 Å². The summed E-state index contributed by atoms with van der Waals surface area (Å²) in [5.74, 6) is 0. The number of rotatable bonds is 6. The van der Waals surface area contributed by atoms with E-state index in [4.69, 9.17) is 0 Å². The first-order chi connectivity index (χ1) is 9.78. The van der Waals surface area contributed by atoms with Crippen molar-refractivity contribution in [3.63, 3.8) is 0 Å². The van der Waals surface area contributed by atoms with E-state index < -0.39 is 0 Å². The van der Waals surface area contributed by atoms with E-state index in [0.717, 1.165) is 36.4 Å². The second-order valence-corrected chi connectivity index (χ2v) is 5.62. The molecule has 1 aromatic carbocycles. The average Bonchev–Trinajstić information content (AvgIpc) is 2.98. The van der Waals surface area contributed by atoms with Crippen molar-refractivity contribution in [3.05, 3.63) is 51.7 Å². The van der Waals surface area contributed by atoms with Gasteiger partial charge in [-0.3, -0.25) is 0 Å². The van der Waals surface area contributed by atoms with Crippen LogP contribution in [0.2, 0.25) is 0 Å². The number of thiophene rings is 1. The highest BCUT2D eigenvalue weighted by molar-refractivity contribution is 7.09. The topological polar surface area (TPSA) is 39.1 Å². The van der Waals surface area contributed by atoms with Crippen molar-refractivity contribution >= 4 is 17.0 Å². The lowest BCUT2D eigenvalue weighted by atomic mass is 10.1. The Hall–Kier alpha value is -1.83. The van der Waals surface area contributed by atoms with Crippen molar-refractivity contribution in [1.29, 1.82) is 5.26 Å². The monoisotopic (exact) mass is 285 g/mol. The molecule has 0 fully saturated rings. The zero-order chi connectivity index (χ0) is 14.4. The molecule has 2 aromatic rings. The van der Waals surface area contributed by atoms with Gasteiger partial charge in [0.05, 0.1) is 17.8 Å². The van der Waals surface area contributed by atoms with Crippen LogP contribution in [-0.4, -0.2) is 13.6 Å². The van der Waals surface area contributed by atoms with E-state index in [1.165, 1.54) is 4.88 Å². The normalized spacial score (nSPS) is 10.2. The minimum Gasteiger partial charge on any atom is -0.366 e. The summed E-state index contributed by atoms with van der Waals surface area (Å²) in [5, 5.41) is 14.6. The van der Waals surface area contributed by atoms with Crippen LogP contribution in [0.5, 0.6) is 0 Å². The molecule has 0 aliphatic carbocycles. The molecule has 20 heavy (non-hydrogen) atoms. The van der Waals surface area contributed by atoms with Crippen LogP contribution in [0.15, 0.2) is 35.7 Å². The summed E-state index contributed by atoms with van der Waals surface area (Å²) in [6, 6.07) is 12.6. The Morgan fingerprint density at radius 3 is 2.80 bits per heavy atom. The summed E-state index contributed by atoms with van der Waals surface area (Å²) in [5.41, 5.74) is 2.90. The van der Waals surface area contributed by atoms with E-state index in [2.05, 4.69) is 52.9 Å². The molecule has 0 atom stereocenters. The van der Waals surface area contributed by atoms with Gasteiger partial charge in [0, 0.05) is 18.0 Å².